The van der Waals surface area contributed by atoms with Gasteiger partial charge in [-0.2, -0.15) is 13.2 Å². The molecule has 0 aromatic carbocycles. The van der Waals surface area contributed by atoms with Gasteiger partial charge in [0.1, 0.15) is 6.10 Å². The van der Waals surface area contributed by atoms with Gasteiger partial charge in [-0.15, -0.1) is 0 Å². The zero-order valence-corrected chi connectivity index (χ0v) is 8.48. The third-order valence-corrected chi connectivity index (χ3v) is 2.06. The highest BCUT2D eigenvalue weighted by atomic mass is 19.4. The standard InChI is InChI=1S/C9H14F3NO/c1-8(2,3)7-4-6(14-13-7)5-9(10,11)12/h6H,4-5H2,1-3H3/t6-/m0/s1. The number of hydrogen-bond acceptors (Lipinski definition) is 2. The van der Waals surface area contributed by atoms with Crippen LogP contribution in [0.25, 0.3) is 0 Å². The molecule has 82 valence electrons. The molecule has 0 saturated carbocycles. The van der Waals surface area contributed by atoms with Crippen LogP contribution in [-0.4, -0.2) is 18.0 Å². The second-order valence-corrected chi connectivity index (χ2v) is 4.54. The van der Waals surface area contributed by atoms with E-state index in [1.807, 2.05) is 20.8 Å². The summed E-state index contributed by atoms with van der Waals surface area (Å²) in [5.41, 5.74) is 0.493. The summed E-state index contributed by atoms with van der Waals surface area (Å²) in [7, 11) is 0. The van der Waals surface area contributed by atoms with Gasteiger partial charge in [0.25, 0.3) is 0 Å². The molecule has 1 aliphatic rings. The number of hydrogen-bond donors (Lipinski definition) is 0. The van der Waals surface area contributed by atoms with Crippen LogP contribution in [-0.2, 0) is 4.84 Å². The molecule has 1 aliphatic heterocycles. The molecule has 1 atom stereocenters. The molecule has 0 saturated heterocycles. The Kier molecular flexibility index (Phi) is 2.78. The minimum atomic E-state index is -4.17. The summed E-state index contributed by atoms with van der Waals surface area (Å²) in [6.45, 7) is 5.72. The molecule has 0 amide bonds. The number of nitrogens with zero attached hydrogens (tertiary/aromatic N) is 1. The van der Waals surface area contributed by atoms with E-state index in [0.29, 0.717) is 5.71 Å². The maximum atomic E-state index is 12.0. The van der Waals surface area contributed by atoms with Crippen LogP contribution in [0.4, 0.5) is 13.2 Å². The largest absolute Gasteiger partial charge is 0.392 e. The highest BCUT2D eigenvalue weighted by molar-refractivity contribution is 5.90. The van der Waals surface area contributed by atoms with E-state index in [1.54, 1.807) is 0 Å². The average molecular weight is 209 g/mol. The molecule has 0 fully saturated rings. The maximum Gasteiger partial charge on any atom is 0.392 e. The molecule has 0 aliphatic carbocycles. The Hall–Kier alpha value is -0.740. The van der Waals surface area contributed by atoms with Crippen LogP contribution < -0.4 is 0 Å². The monoisotopic (exact) mass is 209 g/mol. The first-order valence-corrected chi connectivity index (χ1v) is 4.48. The highest BCUT2D eigenvalue weighted by Crippen LogP contribution is 2.31. The normalized spacial score (nSPS) is 23.3. The fraction of sp³-hybridized carbons (Fsp3) is 0.889. The molecule has 0 spiro atoms. The van der Waals surface area contributed by atoms with E-state index in [2.05, 4.69) is 5.16 Å². The van der Waals surface area contributed by atoms with Crippen molar-refractivity contribution in [2.24, 2.45) is 10.6 Å². The number of rotatable bonds is 1. The van der Waals surface area contributed by atoms with Crippen molar-refractivity contribution in [2.45, 2.75) is 45.9 Å². The van der Waals surface area contributed by atoms with Gasteiger partial charge in [-0.1, -0.05) is 25.9 Å². The summed E-state index contributed by atoms with van der Waals surface area (Å²) in [4.78, 5) is 4.74. The lowest BCUT2D eigenvalue weighted by atomic mass is 9.87. The fourth-order valence-electron chi connectivity index (χ4n) is 1.24. The molecule has 5 heteroatoms. The molecule has 0 bridgehead atoms. The van der Waals surface area contributed by atoms with Crippen molar-refractivity contribution in [1.29, 1.82) is 0 Å². The lowest BCUT2D eigenvalue weighted by molar-refractivity contribution is -0.157. The van der Waals surface area contributed by atoms with Gasteiger partial charge in [0.05, 0.1) is 12.1 Å². The quantitative estimate of drug-likeness (QED) is 0.650. The summed E-state index contributed by atoms with van der Waals surface area (Å²) >= 11 is 0. The zero-order chi connectivity index (χ0) is 11.0. The van der Waals surface area contributed by atoms with Crippen LogP contribution in [0.5, 0.6) is 0 Å². The summed E-state index contributed by atoms with van der Waals surface area (Å²) in [6, 6.07) is 0. The second-order valence-electron chi connectivity index (χ2n) is 4.54. The van der Waals surface area contributed by atoms with Crippen LogP contribution >= 0.6 is 0 Å². The average Bonchev–Trinajstić information content (AvgIpc) is 2.29. The lowest BCUT2D eigenvalue weighted by Crippen LogP contribution is -2.23. The molecule has 0 aromatic rings. The zero-order valence-electron chi connectivity index (χ0n) is 8.48. The Morgan fingerprint density at radius 2 is 1.93 bits per heavy atom. The summed E-state index contributed by atoms with van der Waals surface area (Å²) in [5.74, 6) is 0. The van der Waals surface area contributed by atoms with Crippen molar-refractivity contribution in [2.75, 3.05) is 0 Å². The fourth-order valence-corrected chi connectivity index (χ4v) is 1.24. The number of alkyl halides is 3. The summed E-state index contributed by atoms with van der Waals surface area (Å²) in [6.07, 6.45) is -5.64. The van der Waals surface area contributed by atoms with Gasteiger partial charge >= 0.3 is 6.18 Å². The molecule has 0 N–H and O–H groups in total. The van der Waals surface area contributed by atoms with Gasteiger partial charge in [0.15, 0.2) is 0 Å². The Morgan fingerprint density at radius 3 is 2.29 bits per heavy atom. The van der Waals surface area contributed by atoms with E-state index in [0.717, 1.165) is 0 Å². The van der Waals surface area contributed by atoms with Gasteiger partial charge in [-0.05, 0) is 0 Å². The smallest absolute Gasteiger partial charge is 0.392 e. The van der Waals surface area contributed by atoms with E-state index in [9.17, 15) is 13.2 Å². The van der Waals surface area contributed by atoms with Crippen LogP contribution in [0.2, 0.25) is 0 Å². The Balaban J connectivity index is 2.48. The number of halogens is 3. The second kappa shape index (κ2) is 3.44. The van der Waals surface area contributed by atoms with Gasteiger partial charge in [-0.3, -0.25) is 0 Å². The van der Waals surface area contributed by atoms with Gasteiger partial charge in [0.2, 0.25) is 0 Å². The molecule has 0 radical (unpaired) electrons. The molecule has 14 heavy (non-hydrogen) atoms. The lowest BCUT2D eigenvalue weighted by Gasteiger charge is -2.17. The van der Waals surface area contributed by atoms with Crippen molar-refractivity contribution in [3.05, 3.63) is 0 Å². The number of oxime groups is 1. The Labute approximate surface area is 81.1 Å². The van der Waals surface area contributed by atoms with Crippen molar-refractivity contribution >= 4 is 5.71 Å². The van der Waals surface area contributed by atoms with Crippen molar-refractivity contribution in [1.82, 2.24) is 0 Å². The first-order chi connectivity index (χ1) is 6.18. The van der Waals surface area contributed by atoms with E-state index >= 15 is 0 Å². The van der Waals surface area contributed by atoms with Crippen molar-refractivity contribution < 1.29 is 18.0 Å². The van der Waals surface area contributed by atoms with Gasteiger partial charge in [-0.25, -0.2) is 0 Å². The predicted octanol–water partition coefficient (Wildman–Crippen LogP) is 3.13. The van der Waals surface area contributed by atoms with Crippen molar-refractivity contribution in [3.8, 4) is 0 Å². The predicted molar refractivity (Wildman–Crippen MR) is 47.1 cm³/mol. The maximum absolute atomic E-state index is 12.0. The SMILES string of the molecule is CC(C)(C)C1=NO[C@H](CC(F)(F)F)C1. The minimum absolute atomic E-state index is 0.208. The van der Waals surface area contributed by atoms with E-state index in [1.165, 1.54) is 0 Å². The summed E-state index contributed by atoms with van der Waals surface area (Å²) < 4.78 is 36.0. The molecule has 0 aromatic heterocycles. The topological polar surface area (TPSA) is 21.6 Å². The van der Waals surface area contributed by atoms with E-state index in [4.69, 9.17) is 4.84 Å². The molecule has 1 rings (SSSR count). The van der Waals surface area contributed by atoms with Crippen LogP contribution in [0, 0.1) is 5.41 Å². The molecular weight excluding hydrogens is 195 g/mol. The summed E-state index contributed by atoms with van der Waals surface area (Å²) in [5, 5.41) is 3.69. The van der Waals surface area contributed by atoms with Crippen LogP contribution in [0.3, 0.4) is 0 Å². The van der Waals surface area contributed by atoms with Crippen LogP contribution in [0.1, 0.15) is 33.6 Å². The van der Waals surface area contributed by atoms with Gasteiger partial charge in [0, 0.05) is 11.8 Å². The third kappa shape index (κ3) is 3.20. The molecule has 0 unspecified atom stereocenters. The third-order valence-electron chi connectivity index (χ3n) is 2.06. The van der Waals surface area contributed by atoms with E-state index in [-0.39, 0.29) is 11.8 Å². The first-order valence-electron chi connectivity index (χ1n) is 4.48. The Bertz CT molecular complexity index is 239. The Morgan fingerprint density at radius 1 is 1.36 bits per heavy atom. The molecule has 2 nitrogen and oxygen atoms in total. The van der Waals surface area contributed by atoms with Crippen LogP contribution in [0.15, 0.2) is 5.16 Å². The van der Waals surface area contributed by atoms with Gasteiger partial charge < -0.3 is 4.84 Å². The van der Waals surface area contributed by atoms with E-state index < -0.39 is 18.7 Å². The van der Waals surface area contributed by atoms with Crippen molar-refractivity contribution in [3.63, 3.8) is 0 Å². The minimum Gasteiger partial charge on any atom is -0.392 e. The molecular formula is C9H14F3NO. The first kappa shape index (κ1) is 11.3. The highest BCUT2D eigenvalue weighted by Gasteiger charge is 2.38. The molecule has 1 heterocycles.